The number of aliphatic hydroxyl groups excluding tert-OH is 1. The van der Waals surface area contributed by atoms with Crippen molar-refractivity contribution < 1.29 is 18.1 Å². The SMILES string of the molecule is [2H]C1C([2H])(C)C(O)C([2H])C([2H])(Nc2nc(NC(C)(C)C)ncc2C(N)=O)C1([2H])[2H]. The van der Waals surface area contributed by atoms with Crippen LogP contribution in [0.25, 0.3) is 0 Å². The third-order valence-electron chi connectivity index (χ3n) is 3.04. The largest absolute Gasteiger partial charge is 0.393 e. The third-order valence-corrected chi connectivity index (χ3v) is 3.04. The third kappa shape index (κ3) is 4.79. The molecular formula is C16H27N5O2. The fraction of sp³-hybridized carbons (Fsp3) is 0.688. The summed E-state index contributed by atoms with van der Waals surface area (Å²) in [6, 6.07) is -2.60. The highest BCUT2D eigenvalue weighted by Gasteiger charge is 2.27. The number of hydrogen-bond acceptors (Lipinski definition) is 6. The topological polar surface area (TPSA) is 113 Å². The summed E-state index contributed by atoms with van der Waals surface area (Å²) in [6.07, 6.45) is -7.17. The first kappa shape index (κ1) is 10.8. The van der Waals surface area contributed by atoms with Crippen LogP contribution in [0.3, 0.4) is 0 Å². The predicted molar refractivity (Wildman–Crippen MR) is 90.4 cm³/mol. The van der Waals surface area contributed by atoms with Gasteiger partial charge in [-0.3, -0.25) is 4.79 Å². The molecule has 5 N–H and O–H groups in total. The number of nitrogens with two attached hydrogens (primary N) is 1. The van der Waals surface area contributed by atoms with Crippen molar-refractivity contribution in [3.63, 3.8) is 0 Å². The minimum Gasteiger partial charge on any atom is -0.393 e. The summed E-state index contributed by atoms with van der Waals surface area (Å²) in [5.41, 5.74) is 4.65. The van der Waals surface area contributed by atoms with Crippen LogP contribution in [0.4, 0.5) is 11.8 Å². The zero-order chi connectivity index (χ0) is 22.6. The molecule has 7 nitrogen and oxygen atoms in total. The van der Waals surface area contributed by atoms with Gasteiger partial charge in [-0.2, -0.15) is 4.98 Å². The maximum absolute atomic E-state index is 11.8. The van der Waals surface area contributed by atoms with Crippen molar-refractivity contribution in [2.45, 2.75) is 64.5 Å². The van der Waals surface area contributed by atoms with Crippen molar-refractivity contribution in [1.29, 1.82) is 0 Å². The van der Waals surface area contributed by atoms with Crippen LogP contribution >= 0.6 is 0 Å². The Hall–Kier alpha value is -1.89. The average molecular weight is 327 g/mol. The second-order valence-corrected chi connectivity index (χ2v) is 6.38. The Morgan fingerprint density at radius 1 is 1.57 bits per heavy atom. The Morgan fingerprint density at radius 3 is 2.87 bits per heavy atom. The number of nitrogens with zero attached hydrogens (tertiary/aromatic N) is 2. The van der Waals surface area contributed by atoms with Crippen LogP contribution in [0.5, 0.6) is 0 Å². The second kappa shape index (κ2) is 6.70. The summed E-state index contributed by atoms with van der Waals surface area (Å²) in [7, 11) is 0. The van der Waals surface area contributed by atoms with E-state index >= 15 is 0 Å². The normalized spacial score (nSPS) is 43.8. The van der Waals surface area contributed by atoms with E-state index in [1.165, 1.54) is 0 Å². The van der Waals surface area contributed by atoms with Gasteiger partial charge >= 0.3 is 0 Å². The fourth-order valence-corrected chi connectivity index (χ4v) is 1.87. The molecule has 0 saturated heterocycles. The molecule has 128 valence electrons. The van der Waals surface area contributed by atoms with E-state index in [0.29, 0.717) is 0 Å². The molecule has 0 bridgehead atoms. The van der Waals surface area contributed by atoms with Crippen LogP contribution in [0.15, 0.2) is 6.20 Å². The number of aliphatic hydroxyl groups is 1. The summed E-state index contributed by atoms with van der Waals surface area (Å²) >= 11 is 0. The van der Waals surface area contributed by atoms with E-state index in [-0.39, 0.29) is 17.3 Å². The van der Waals surface area contributed by atoms with Gasteiger partial charge in [0.05, 0.1) is 13.0 Å². The maximum Gasteiger partial charge on any atom is 0.254 e. The summed E-state index contributed by atoms with van der Waals surface area (Å²) in [4.78, 5) is 19.9. The summed E-state index contributed by atoms with van der Waals surface area (Å²) < 4.78 is 49.7. The van der Waals surface area contributed by atoms with Gasteiger partial charge in [0.25, 0.3) is 5.91 Å². The number of aromatic nitrogens is 2. The molecule has 1 fully saturated rings. The average Bonchev–Trinajstić information content (AvgIpc) is 2.56. The van der Waals surface area contributed by atoms with Crippen molar-refractivity contribution in [2.24, 2.45) is 11.6 Å². The second-order valence-electron chi connectivity index (χ2n) is 6.38. The van der Waals surface area contributed by atoms with Gasteiger partial charge in [-0.25, -0.2) is 4.98 Å². The van der Waals surface area contributed by atoms with E-state index in [4.69, 9.17) is 14.0 Å². The molecule has 1 heterocycles. The quantitative estimate of drug-likeness (QED) is 0.670. The Balaban J connectivity index is 2.57. The van der Waals surface area contributed by atoms with Crippen molar-refractivity contribution >= 4 is 17.7 Å². The minimum absolute atomic E-state index is 0.0693. The van der Waals surface area contributed by atoms with E-state index in [1.807, 2.05) is 20.8 Å². The highest BCUT2D eigenvalue weighted by molar-refractivity contribution is 5.97. The molecule has 0 spiro atoms. The molecule has 1 aliphatic carbocycles. The minimum atomic E-state index is -2.76. The number of primary amides is 1. The number of hydrogen-bond donors (Lipinski definition) is 4. The molecule has 1 amide bonds. The Morgan fingerprint density at radius 2 is 2.26 bits per heavy atom. The number of carbonyl (C=O) groups excluding carboxylic acids is 1. The number of anilines is 2. The van der Waals surface area contributed by atoms with Crippen molar-refractivity contribution in [3.8, 4) is 0 Å². The van der Waals surface area contributed by atoms with E-state index in [1.54, 1.807) is 0 Å². The molecule has 5 atom stereocenters. The summed E-state index contributed by atoms with van der Waals surface area (Å²) in [6.45, 7) is 6.67. The number of rotatable bonds is 4. The van der Waals surface area contributed by atoms with Gasteiger partial charge in [0.1, 0.15) is 5.82 Å². The maximum atomic E-state index is 11.8. The smallest absolute Gasteiger partial charge is 0.254 e. The molecule has 5 unspecified atom stereocenters. The van der Waals surface area contributed by atoms with E-state index in [9.17, 15) is 9.90 Å². The zero-order valence-electron chi connectivity index (χ0n) is 19.6. The molecular weight excluding hydrogens is 294 g/mol. The van der Waals surface area contributed by atoms with E-state index in [0.717, 1.165) is 13.1 Å². The van der Waals surface area contributed by atoms with Crippen LogP contribution in [-0.2, 0) is 0 Å². The Labute approximate surface area is 145 Å². The molecule has 0 radical (unpaired) electrons. The van der Waals surface area contributed by atoms with Gasteiger partial charge in [0, 0.05) is 24.6 Å². The van der Waals surface area contributed by atoms with E-state index < -0.39 is 48.6 Å². The lowest BCUT2D eigenvalue weighted by atomic mass is 9.85. The predicted octanol–water partition coefficient (Wildman–Crippen LogP) is 1.75. The molecule has 0 aliphatic heterocycles. The lowest BCUT2D eigenvalue weighted by Crippen LogP contribution is -2.36. The Kier molecular flexibility index (Phi) is 3.15. The van der Waals surface area contributed by atoms with Crippen molar-refractivity contribution in [2.75, 3.05) is 10.6 Å². The number of amides is 1. The van der Waals surface area contributed by atoms with Gasteiger partial charge in [-0.1, -0.05) is 6.92 Å². The van der Waals surface area contributed by atoms with E-state index in [2.05, 4.69) is 20.6 Å². The molecule has 1 aromatic heterocycles. The van der Waals surface area contributed by atoms with Gasteiger partial charge < -0.3 is 21.5 Å². The van der Waals surface area contributed by atoms with Crippen molar-refractivity contribution in [1.82, 2.24) is 9.97 Å². The molecule has 1 aliphatic rings. The van der Waals surface area contributed by atoms with Gasteiger partial charge in [-0.15, -0.1) is 0 Å². The van der Waals surface area contributed by atoms with Crippen LogP contribution in [0, 0.1) is 5.89 Å². The molecule has 0 aromatic carbocycles. The molecule has 2 rings (SSSR count). The first-order chi connectivity index (χ1) is 12.9. The lowest BCUT2D eigenvalue weighted by molar-refractivity contribution is 0.0739. The monoisotopic (exact) mass is 327 g/mol. The van der Waals surface area contributed by atoms with Crippen LogP contribution in [0.2, 0.25) is 0 Å². The van der Waals surface area contributed by atoms with Gasteiger partial charge in [0.15, 0.2) is 0 Å². The lowest BCUT2D eigenvalue weighted by Gasteiger charge is -2.32. The number of nitrogens with one attached hydrogen (secondary N) is 2. The van der Waals surface area contributed by atoms with Crippen LogP contribution in [0.1, 0.15) is 65.4 Å². The molecule has 1 aromatic rings. The fourth-order valence-electron chi connectivity index (χ4n) is 1.87. The number of carbonyl (C=O) groups is 1. The van der Waals surface area contributed by atoms with Gasteiger partial charge in [-0.05, 0) is 45.8 Å². The highest BCUT2D eigenvalue weighted by Crippen LogP contribution is 2.27. The molecule has 23 heavy (non-hydrogen) atoms. The molecule has 7 heteroatoms. The van der Waals surface area contributed by atoms with Crippen molar-refractivity contribution in [3.05, 3.63) is 11.8 Å². The highest BCUT2D eigenvalue weighted by atomic mass is 16.3. The standard InChI is InChI=1S/C16H27N5O2/c1-9-5-6-10(7-12(9)22)19-14-11(13(17)23)8-18-15(20-14)21-16(2,3)4/h8-10,12,22H,5-7H2,1-4H3,(H2,17,23)(H2,18,19,20,21)/i5D,6D2,7D,9D,10D. The van der Waals surface area contributed by atoms with Crippen LogP contribution < -0.4 is 16.4 Å². The Bertz CT molecular complexity index is 802. The summed E-state index contributed by atoms with van der Waals surface area (Å²) in [5.74, 6) is -3.19. The summed E-state index contributed by atoms with van der Waals surface area (Å²) in [5, 5.41) is 15.7. The first-order valence-corrected chi connectivity index (χ1v) is 7.21. The van der Waals surface area contributed by atoms with Crippen LogP contribution in [-0.4, -0.2) is 38.6 Å². The molecule has 1 saturated carbocycles. The zero-order valence-corrected chi connectivity index (χ0v) is 13.6. The van der Waals surface area contributed by atoms with Gasteiger partial charge in [0.2, 0.25) is 5.95 Å². The first-order valence-electron chi connectivity index (χ1n) is 10.4.